The molecule has 0 amide bonds. The number of hydrogen-bond donors (Lipinski definition) is 1. The first-order valence-electron chi connectivity index (χ1n) is 6.93. The second kappa shape index (κ2) is 6.54. The van der Waals surface area contributed by atoms with Gasteiger partial charge in [-0.05, 0) is 35.7 Å². The predicted molar refractivity (Wildman–Crippen MR) is 89.6 cm³/mol. The lowest BCUT2D eigenvalue weighted by Crippen LogP contribution is -1.91. The zero-order chi connectivity index (χ0) is 15.4. The molecule has 0 atom stereocenters. The number of nitrogens with one attached hydrogen (secondary N) is 1. The van der Waals surface area contributed by atoms with Crippen LogP contribution < -0.4 is 0 Å². The molecular formula is C17H15ClN4. The van der Waals surface area contributed by atoms with Gasteiger partial charge in [-0.3, -0.25) is 4.99 Å². The van der Waals surface area contributed by atoms with E-state index in [9.17, 15) is 0 Å². The Labute approximate surface area is 133 Å². The van der Waals surface area contributed by atoms with Crippen LogP contribution in [0.4, 0.5) is 0 Å². The average molecular weight is 311 g/mol. The van der Waals surface area contributed by atoms with E-state index in [-0.39, 0.29) is 0 Å². The summed E-state index contributed by atoms with van der Waals surface area (Å²) in [6, 6.07) is 16.2. The van der Waals surface area contributed by atoms with Crippen LogP contribution in [0.1, 0.15) is 16.8 Å². The monoisotopic (exact) mass is 310 g/mol. The van der Waals surface area contributed by atoms with E-state index in [0.717, 1.165) is 28.4 Å². The summed E-state index contributed by atoms with van der Waals surface area (Å²) in [5.41, 5.74) is 5.00. The Kier molecular flexibility index (Phi) is 4.30. The molecule has 0 aliphatic rings. The molecule has 1 heterocycles. The van der Waals surface area contributed by atoms with E-state index in [0.29, 0.717) is 0 Å². The predicted octanol–water partition coefficient (Wildman–Crippen LogP) is 3.76. The lowest BCUT2D eigenvalue weighted by molar-refractivity contribution is 0.939. The number of rotatable bonds is 4. The van der Waals surface area contributed by atoms with Crippen LogP contribution in [0.3, 0.4) is 0 Å². The SMILES string of the molecule is CN=Cc1n[nH]nc1-c1cccc(Cc2ccc(Cl)cc2)c1. The third-order valence-corrected chi connectivity index (χ3v) is 3.60. The summed E-state index contributed by atoms with van der Waals surface area (Å²) in [7, 11) is 1.72. The van der Waals surface area contributed by atoms with Gasteiger partial charge in [0.25, 0.3) is 0 Å². The Bertz CT molecular complexity index is 790. The van der Waals surface area contributed by atoms with Gasteiger partial charge < -0.3 is 0 Å². The summed E-state index contributed by atoms with van der Waals surface area (Å²) < 4.78 is 0. The number of benzene rings is 2. The van der Waals surface area contributed by atoms with Crippen molar-refractivity contribution in [3.05, 3.63) is 70.4 Å². The molecule has 0 unspecified atom stereocenters. The zero-order valence-corrected chi connectivity index (χ0v) is 12.9. The fraction of sp³-hybridized carbons (Fsp3) is 0.118. The van der Waals surface area contributed by atoms with Crippen molar-refractivity contribution < 1.29 is 0 Å². The van der Waals surface area contributed by atoms with Gasteiger partial charge in [0.15, 0.2) is 0 Å². The third-order valence-electron chi connectivity index (χ3n) is 3.35. The molecule has 5 heteroatoms. The first-order valence-corrected chi connectivity index (χ1v) is 7.31. The average Bonchev–Trinajstić information content (AvgIpc) is 2.99. The molecule has 1 N–H and O–H groups in total. The van der Waals surface area contributed by atoms with Gasteiger partial charge in [-0.1, -0.05) is 41.9 Å². The van der Waals surface area contributed by atoms with Gasteiger partial charge >= 0.3 is 0 Å². The first kappa shape index (κ1) is 14.5. The summed E-state index contributed by atoms with van der Waals surface area (Å²) >= 11 is 5.92. The Balaban J connectivity index is 1.89. The van der Waals surface area contributed by atoms with Crippen LogP contribution in [0.25, 0.3) is 11.3 Å². The number of aromatic nitrogens is 3. The smallest absolute Gasteiger partial charge is 0.131 e. The lowest BCUT2D eigenvalue weighted by Gasteiger charge is -2.05. The van der Waals surface area contributed by atoms with Crippen molar-refractivity contribution in [1.82, 2.24) is 15.4 Å². The van der Waals surface area contributed by atoms with Crippen molar-refractivity contribution in [1.29, 1.82) is 0 Å². The minimum Gasteiger partial charge on any atom is -0.294 e. The molecule has 4 nitrogen and oxygen atoms in total. The van der Waals surface area contributed by atoms with E-state index < -0.39 is 0 Å². The van der Waals surface area contributed by atoms with E-state index in [4.69, 9.17) is 11.6 Å². The van der Waals surface area contributed by atoms with Crippen LogP contribution in [0.2, 0.25) is 5.02 Å². The summed E-state index contributed by atoms with van der Waals surface area (Å²) in [6.07, 6.45) is 2.55. The summed E-state index contributed by atoms with van der Waals surface area (Å²) in [4.78, 5) is 4.00. The number of aliphatic imine (C=N–C) groups is 1. The molecule has 3 aromatic rings. The van der Waals surface area contributed by atoms with E-state index >= 15 is 0 Å². The van der Waals surface area contributed by atoms with Crippen molar-refractivity contribution in [2.24, 2.45) is 4.99 Å². The highest BCUT2D eigenvalue weighted by atomic mass is 35.5. The fourth-order valence-corrected chi connectivity index (χ4v) is 2.46. The number of hydrogen-bond acceptors (Lipinski definition) is 3. The van der Waals surface area contributed by atoms with Crippen molar-refractivity contribution >= 4 is 17.8 Å². The van der Waals surface area contributed by atoms with Crippen LogP contribution in [0.15, 0.2) is 53.5 Å². The minimum absolute atomic E-state index is 0.742. The summed E-state index contributed by atoms with van der Waals surface area (Å²) in [6.45, 7) is 0. The third kappa shape index (κ3) is 3.23. The van der Waals surface area contributed by atoms with Gasteiger partial charge in [-0.15, -0.1) is 0 Å². The summed E-state index contributed by atoms with van der Waals surface area (Å²) in [5.74, 6) is 0. The van der Waals surface area contributed by atoms with Crippen LogP contribution in [0.5, 0.6) is 0 Å². The quantitative estimate of drug-likeness (QED) is 0.746. The maximum Gasteiger partial charge on any atom is 0.131 e. The first-order chi connectivity index (χ1) is 10.8. The van der Waals surface area contributed by atoms with Crippen molar-refractivity contribution in [3.63, 3.8) is 0 Å². The highest BCUT2D eigenvalue weighted by molar-refractivity contribution is 6.30. The highest BCUT2D eigenvalue weighted by Gasteiger charge is 2.09. The zero-order valence-electron chi connectivity index (χ0n) is 12.1. The van der Waals surface area contributed by atoms with Crippen molar-refractivity contribution in [2.45, 2.75) is 6.42 Å². The van der Waals surface area contributed by atoms with Crippen LogP contribution >= 0.6 is 11.6 Å². The van der Waals surface area contributed by atoms with E-state index in [2.05, 4.69) is 32.5 Å². The minimum atomic E-state index is 0.742. The molecule has 0 saturated heterocycles. The van der Waals surface area contributed by atoms with Gasteiger partial charge in [0, 0.05) is 17.6 Å². The second-order valence-electron chi connectivity index (χ2n) is 4.95. The molecule has 0 aliphatic carbocycles. The van der Waals surface area contributed by atoms with Gasteiger partial charge in [-0.2, -0.15) is 15.4 Å². The molecule has 0 bridgehead atoms. The number of aromatic amines is 1. The molecule has 1 aromatic heterocycles. The van der Waals surface area contributed by atoms with E-state index in [1.54, 1.807) is 13.3 Å². The van der Waals surface area contributed by atoms with Gasteiger partial charge in [-0.25, -0.2) is 0 Å². The standard InChI is InChI=1S/C17H15ClN4/c1-19-11-16-17(21-22-20-16)14-4-2-3-13(10-14)9-12-5-7-15(18)8-6-12/h2-8,10-11H,9H2,1H3,(H,20,21,22). The van der Waals surface area contributed by atoms with Crippen LogP contribution in [0, 0.1) is 0 Å². The Morgan fingerprint density at radius 1 is 1.09 bits per heavy atom. The maximum absolute atomic E-state index is 5.92. The Hall–Kier alpha value is -2.46. The molecule has 2 aromatic carbocycles. The molecule has 0 spiro atoms. The molecule has 0 fully saturated rings. The topological polar surface area (TPSA) is 53.9 Å². The van der Waals surface area contributed by atoms with Gasteiger partial charge in [0.2, 0.25) is 0 Å². The molecule has 0 radical (unpaired) electrons. The largest absolute Gasteiger partial charge is 0.294 e. The second-order valence-corrected chi connectivity index (χ2v) is 5.38. The van der Waals surface area contributed by atoms with Crippen LogP contribution in [-0.4, -0.2) is 28.7 Å². The Morgan fingerprint density at radius 3 is 2.68 bits per heavy atom. The number of nitrogens with zero attached hydrogens (tertiary/aromatic N) is 3. The Morgan fingerprint density at radius 2 is 1.91 bits per heavy atom. The summed E-state index contributed by atoms with van der Waals surface area (Å²) in [5, 5.41) is 11.7. The molecule has 3 rings (SSSR count). The number of halogens is 1. The molecular weight excluding hydrogens is 296 g/mol. The highest BCUT2D eigenvalue weighted by Crippen LogP contribution is 2.21. The number of H-pyrrole nitrogens is 1. The molecule has 0 aliphatic heterocycles. The van der Waals surface area contributed by atoms with E-state index in [1.807, 2.05) is 36.4 Å². The van der Waals surface area contributed by atoms with Crippen LogP contribution in [-0.2, 0) is 6.42 Å². The van der Waals surface area contributed by atoms with Gasteiger partial charge in [0.1, 0.15) is 11.4 Å². The van der Waals surface area contributed by atoms with Gasteiger partial charge in [0.05, 0.1) is 6.21 Å². The van der Waals surface area contributed by atoms with E-state index in [1.165, 1.54) is 11.1 Å². The lowest BCUT2D eigenvalue weighted by atomic mass is 10.0. The molecule has 0 saturated carbocycles. The van der Waals surface area contributed by atoms with Crippen molar-refractivity contribution in [2.75, 3.05) is 7.05 Å². The fourth-order valence-electron chi connectivity index (χ4n) is 2.33. The normalized spacial score (nSPS) is 11.2. The maximum atomic E-state index is 5.92. The van der Waals surface area contributed by atoms with Crippen molar-refractivity contribution in [3.8, 4) is 11.3 Å². The molecule has 22 heavy (non-hydrogen) atoms. The molecule has 110 valence electrons.